The summed E-state index contributed by atoms with van der Waals surface area (Å²) in [7, 11) is 0. The molecule has 2 aromatic rings. The van der Waals surface area contributed by atoms with Crippen LogP contribution in [-0.2, 0) is 16.0 Å². The average Bonchev–Trinajstić information content (AvgIpc) is 3.34. The van der Waals surface area contributed by atoms with Gasteiger partial charge >= 0.3 is 6.03 Å². The third-order valence-electron chi connectivity index (χ3n) is 5.46. The first-order valence-electron chi connectivity index (χ1n) is 9.91. The molecule has 4 amide bonds. The predicted octanol–water partition coefficient (Wildman–Crippen LogP) is 2.77. The molecule has 2 aromatic carbocycles. The fourth-order valence-electron chi connectivity index (χ4n) is 3.88. The van der Waals surface area contributed by atoms with Gasteiger partial charge in [0.05, 0.1) is 5.92 Å². The lowest BCUT2D eigenvalue weighted by Crippen LogP contribution is -2.29. The van der Waals surface area contributed by atoms with Gasteiger partial charge in [0.25, 0.3) is 0 Å². The maximum Gasteiger partial charge on any atom is 0.321 e. The standard InChI is InChI=1S/C22H24N4O3/c1-2-15-5-3-4-6-19(15)26-14-16(13-20(26)27)21(28)24-17-7-9-18(10-8-17)25-12-11-23-22(25)29/h3-10,16H,2,11-14H2,1H3,(H,23,29)(H,24,28). The Morgan fingerprint density at radius 1 is 1.10 bits per heavy atom. The summed E-state index contributed by atoms with van der Waals surface area (Å²) < 4.78 is 0. The third-order valence-corrected chi connectivity index (χ3v) is 5.46. The first-order chi connectivity index (χ1) is 14.1. The number of benzene rings is 2. The Labute approximate surface area is 169 Å². The molecule has 150 valence electrons. The Hall–Kier alpha value is -3.35. The molecule has 29 heavy (non-hydrogen) atoms. The van der Waals surface area contributed by atoms with Gasteiger partial charge in [-0.2, -0.15) is 0 Å². The van der Waals surface area contributed by atoms with Crippen molar-refractivity contribution in [1.29, 1.82) is 0 Å². The molecular weight excluding hydrogens is 368 g/mol. The molecule has 7 nitrogen and oxygen atoms in total. The molecule has 0 aliphatic carbocycles. The normalized spacial score (nSPS) is 18.9. The van der Waals surface area contributed by atoms with Crippen molar-refractivity contribution in [2.75, 3.05) is 34.8 Å². The quantitative estimate of drug-likeness (QED) is 0.821. The second kappa shape index (κ2) is 7.95. The second-order valence-electron chi connectivity index (χ2n) is 7.31. The van der Waals surface area contributed by atoms with E-state index in [0.717, 1.165) is 23.4 Å². The molecule has 0 aromatic heterocycles. The molecule has 2 heterocycles. The lowest BCUT2D eigenvalue weighted by Gasteiger charge is -2.20. The summed E-state index contributed by atoms with van der Waals surface area (Å²) in [4.78, 5) is 40.4. The molecule has 2 N–H and O–H groups in total. The molecular formula is C22H24N4O3. The molecule has 2 aliphatic heterocycles. The van der Waals surface area contributed by atoms with Gasteiger partial charge in [-0.3, -0.25) is 14.5 Å². The topological polar surface area (TPSA) is 81.8 Å². The number of urea groups is 1. The van der Waals surface area contributed by atoms with Gasteiger partial charge in [0, 0.05) is 43.1 Å². The smallest absolute Gasteiger partial charge is 0.321 e. The Bertz CT molecular complexity index is 941. The number of anilines is 3. The van der Waals surface area contributed by atoms with E-state index in [4.69, 9.17) is 0 Å². The zero-order valence-electron chi connectivity index (χ0n) is 16.4. The summed E-state index contributed by atoms with van der Waals surface area (Å²) in [6.07, 6.45) is 1.04. The van der Waals surface area contributed by atoms with Gasteiger partial charge < -0.3 is 15.5 Å². The molecule has 4 rings (SSSR count). The molecule has 7 heteroatoms. The molecule has 2 aliphatic rings. The Morgan fingerprint density at radius 3 is 2.55 bits per heavy atom. The number of rotatable bonds is 5. The van der Waals surface area contributed by atoms with Crippen LogP contribution in [0.15, 0.2) is 48.5 Å². The van der Waals surface area contributed by atoms with Gasteiger partial charge in [-0.15, -0.1) is 0 Å². The predicted molar refractivity (Wildman–Crippen MR) is 112 cm³/mol. The monoisotopic (exact) mass is 392 g/mol. The maximum absolute atomic E-state index is 12.7. The third kappa shape index (κ3) is 3.81. The minimum Gasteiger partial charge on any atom is -0.336 e. The van der Waals surface area contributed by atoms with E-state index in [1.54, 1.807) is 21.9 Å². The van der Waals surface area contributed by atoms with Crippen LogP contribution in [-0.4, -0.2) is 37.5 Å². The Morgan fingerprint density at radius 2 is 1.86 bits per heavy atom. The minimum atomic E-state index is -0.392. The number of carbonyl (C=O) groups is 3. The van der Waals surface area contributed by atoms with Crippen LogP contribution in [0, 0.1) is 5.92 Å². The van der Waals surface area contributed by atoms with Gasteiger partial charge in [-0.1, -0.05) is 25.1 Å². The van der Waals surface area contributed by atoms with Crippen LogP contribution in [0.25, 0.3) is 0 Å². The number of hydrogen-bond acceptors (Lipinski definition) is 3. The highest BCUT2D eigenvalue weighted by Crippen LogP contribution is 2.29. The van der Waals surface area contributed by atoms with Crippen LogP contribution in [0.2, 0.25) is 0 Å². The fraction of sp³-hybridized carbons (Fsp3) is 0.318. The van der Waals surface area contributed by atoms with E-state index in [2.05, 4.69) is 17.6 Å². The van der Waals surface area contributed by atoms with E-state index in [1.165, 1.54) is 0 Å². The zero-order chi connectivity index (χ0) is 20.4. The Kier molecular flexibility index (Phi) is 5.20. The van der Waals surface area contributed by atoms with Crippen molar-refractivity contribution in [1.82, 2.24) is 5.32 Å². The highest BCUT2D eigenvalue weighted by Gasteiger charge is 2.35. The lowest BCUT2D eigenvalue weighted by atomic mass is 10.1. The number of amides is 4. The lowest BCUT2D eigenvalue weighted by molar-refractivity contribution is -0.122. The van der Waals surface area contributed by atoms with Crippen molar-refractivity contribution < 1.29 is 14.4 Å². The SMILES string of the molecule is CCc1ccccc1N1CC(C(=O)Nc2ccc(N3CCNC3=O)cc2)CC1=O. The number of aryl methyl sites for hydroxylation is 1. The van der Waals surface area contributed by atoms with E-state index in [0.29, 0.717) is 25.3 Å². The number of para-hydroxylation sites is 1. The van der Waals surface area contributed by atoms with E-state index in [1.807, 2.05) is 36.4 Å². The summed E-state index contributed by atoms with van der Waals surface area (Å²) in [6, 6.07) is 14.9. The van der Waals surface area contributed by atoms with Gasteiger partial charge in [-0.05, 0) is 42.3 Å². The summed E-state index contributed by atoms with van der Waals surface area (Å²) in [6.45, 7) is 3.70. The van der Waals surface area contributed by atoms with E-state index in [-0.39, 0.29) is 24.3 Å². The van der Waals surface area contributed by atoms with Gasteiger partial charge in [0.1, 0.15) is 0 Å². The summed E-state index contributed by atoms with van der Waals surface area (Å²) >= 11 is 0. The van der Waals surface area contributed by atoms with E-state index < -0.39 is 5.92 Å². The molecule has 0 radical (unpaired) electrons. The van der Waals surface area contributed by atoms with Gasteiger partial charge in [-0.25, -0.2) is 4.79 Å². The van der Waals surface area contributed by atoms with Gasteiger partial charge in [0.2, 0.25) is 11.8 Å². The Balaban J connectivity index is 1.41. The van der Waals surface area contributed by atoms with Crippen LogP contribution in [0.3, 0.4) is 0 Å². The first kappa shape index (κ1) is 19.0. The second-order valence-corrected chi connectivity index (χ2v) is 7.31. The van der Waals surface area contributed by atoms with Crippen molar-refractivity contribution in [3.63, 3.8) is 0 Å². The van der Waals surface area contributed by atoms with E-state index in [9.17, 15) is 14.4 Å². The van der Waals surface area contributed by atoms with Crippen molar-refractivity contribution >= 4 is 34.9 Å². The highest BCUT2D eigenvalue weighted by atomic mass is 16.2. The molecule has 2 fully saturated rings. The van der Waals surface area contributed by atoms with Crippen molar-refractivity contribution in [2.45, 2.75) is 19.8 Å². The summed E-state index contributed by atoms with van der Waals surface area (Å²) in [5.41, 5.74) is 3.43. The van der Waals surface area contributed by atoms with Crippen LogP contribution in [0.4, 0.5) is 21.9 Å². The van der Waals surface area contributed by atoms with Crippen LogP contribution in [0.1, 0.15) is 18.9 Å². The van der Waals surface area contributed by atoms with Crippen LogP contribution < -0.4 is 20.4 Å². The molecule has 2 saturated heterocycles. The van der Waals surface area contributed by atoms with Crippen molar-refractivity contribution in [3.8, 4) is 0 Å². The fourth-order valence-corrected chi connectivity index (χ4v) is 3.88. The molecule has 1 atom stereocenters. The van der Waals surface area contributed by atoms with E-state index >= 15 is 0 Å². The average molecular weight is 392 g/mol. The first-order valence-corrected chi connectivity index (χ1v) is 9.91. The summed E-state index contributed by atoms with van der Waals surface area (Å²) in [5.74, 6) is -0.584. The number of nitrogens with zero attached hydrogens (tertiary/aromatic N) is 2. The highest BCUT2D eigenvalue weighted by molar-refractivity contribution is 6.04. The molecule has 0 spiro atoms. The number of hydrogen-bond donors (Lipinski definition) is 2. The number of carbonyl (C=O) groups excluding carboxylic acids is 3. The maximum atomic E-state index is 12.7. The van der Waals surface area contributed by atoms with Crippen molar-refractivity contribution in [2.24, 2.45) is 5.92 Å². The van der Waals surface area contributed by atoms with Crippen LogP contribution >= 0.6 is 0 Å². The molecule has 1 unspecified atom stereocenters. The minimum absolute atomic E-state index is 0.0264. The molecule has 0 bridgehead atoms. The number of nitrogens with one attached hydrogen (secondary N) is 2. The van der Waals surface area contributed by atoms with Gasteiger partial charge in [0.15, 0.2) is 0 Å². The van der Waals surface area contributed by atoms with Crippen LogP contribution in [0.5, 0.6) is 0 Å². The largest absolute Gasteiger partial charge is 0.336 e. The zero-order valence-corrected chi connectivity index (χ0v) is 16.4. The summed E-state index contributed by atoms with van der Waals surface area (Å²) in [5, 5.41) is 5.66. The molecule has 0 saturated carbocycles. The van der Waals surface area contributed by atoms with Crippen molar-refractivity contribution in [3.05, 3.63) is 54.1 Å².